The molecular weight excluding hydrogens is 278 g/mol. The number of aliphatic imine (C=N–C) groups is 1. The summed E-state index contributed by atoms with van der Waals surface area (Å²) < 4.78 is 0. The van der Waals surface area contributed by atoms with Crippen LogP contribution in [0.5, 0.6) is 0 Å². The molecule has 19 heavy (non-hydrogen) atoms. The van der Waals surface area contributed by atoms with E-state index < -0.39 is 0 Å². The molecule has 5 heteroatoms. The molecule has 2 rings (SSSR count). The van der Waals surface area contributed by atoms with Crippen LogP contribution in [-0.4, -0.2) is 10.1 Å². The molecule has 1 aromatic heterocycles. The minimum absolute atomic E-state index is 0.181. The summed E-state index contributed by atoms with van der Waals surface area (Å²) >= 11 is 10.0. The molecule has 0 spiro atoms. The number of halogens is 1. The molecule has 0 fully saturated rings. The Morgan fingerprint density at radius 1 is 1.32 bits per heavy atom. The Morgan fingerprint density at radius 2 is 2.00 bits per heavy atom. The third kappa shape index (κ3) is 5.41. The third-order valence-corrected chi connectivity index (χ3v) is 2.43. The van der Waals surface area contributed by atoms with Crippen molar-refractivity contribution in [3.63, 3.8) is 0 Å². The van der Waals surface area contributed by atoms with Crippen molar-refractivity contribution in [1.29, 1.82) is 5.26 Å². The SMILES string of the molecule is Cc1ccccc1.N#Cc1ncc(N=C=S)cc1Cl. The number of isothiocyanates is 1. The molecule has 0 amide bonds. The van der Waals surface area contributed by atoms with Crippen LogP contribution in [0.3, 0.4) is 0 Å². The Bertz CT molecular complexity index is 629. The molecule has 0 aliphatic heterocycles. The Balaban J connectivity index is 0.000000218. The molecule has 1 aromatic carbocycles. The highest BCUT2D eigenvalue weighted by atomic mass is 35.5. The number of nitriles is 1. The molecule has 0 N–H and O–H groups in total. The minimum atomic E-state index is 0.181. The average Bonchev–Trinajstić information content (AvgIpc) is 2.41. The van der Waals surface area contributed by atoms with Gasteiger partial charge in [-0.2, -0.15) is 10.3 Å². The van der Waals surface area contributed by atoms with Gasteiger partial charge in [0.1, 0.15) is 6.07 Å². The fraction of sp³-hybridized carbons (Fsp3) is 0.0714. The highest BCUT2D eigenvalue weighted by Gasteiger charge is 2.00. The quantitative estimate of drug-likeness (QED) is 0.579. The monoisotopic (exact) mass is 287 g/mol. The summed E-state index contributed by atoms with van der Waals surface area (Å²) in [4.78, 5) is 7.39. The van der Waals surface area contributed by atoms with Gasteiger partial charge in [-0.3, -0.25) is 0 Å². The van der Waals surface area contributed by atoms with E-state index >= 15 is 0 Å². The van der Waals surface area contributed by atoms with Crippen molar-refractivity contribution in [2.24, 2.45) is 4.99 Å². The van der Waals surface area contributed by atoms with Crippen molar-refractivity contribution in [2.75, 3.05) is 0 Å². The average molecular weight is 288 g/mol. The van der Waals surface area contributed by atoms with Crippen molar-refractivity contribution >= 4 is 34.7 Å². The van der Waals surface area contributed by atoms with Gasteiger partial charge in [0.25, 0.3) is 0 Å². The second kappa shape index (κ2) is 8.12. The Morgan fingerprint density at radius 3 is 2.42 bits per heavy atom. The van der Waals surface area contributed by atoms with Crippen molar-refractivity contribution in [2.45, 2.75) is 6.92 Å². The first-order chi connectivity index (χ1) is 9.17. The zero-order valence-electron chi connectivity index (χ0n) is 10.2. The molecule has 0 saturated carbocycles. The number of aryl methyl sites for hydroxylation is 1. The predicted molar refractivity (Wildman–Crippen MR) is 79.8 cm³/mol. The van der Waals surface area contributed by atoms with Gasteiger partial charge in [0.2, 0.25) is 0 Å². The van der Waals surface area contributed by atoms with Gasteiger partial charge in [-0.15, -0.1) is 0 Å². The normalized spacial score (nSPS) is 8.47. The van der Waals surface area contributed by atoms with E-state index in [-0.39, 0.29) is 10.7 Å². The molecular formula is C14H10ClN3S. The van der Waals surface area contributed by atoms with Gasteiger partial charge in [0.15, 0.2) is 5.69 Å². The zero-order valence-corrected chi connectivity index (χ0v) is 11.7. The maximum Gasteiger partial charge on any atom is 0.159 e. The molecule has 0 aliphatic rings. The predicted octanol–water partition coefficient (Wildman–Crippen LogP) is 4.34. The van der Waals surface area contributed by atoms with Crippen LogP contribution in [0.25, 0.3) is 0 Å². The molecule has 1 heterocycles. The molecule has 0 radical (unpaired) electrons. The first-order valence-corrected chi connectivity index (χ1v) is 6.11. The maximum absolute atomic E-state index is 8.48. The largest absolute Gasteiger partial charge is 0.242 e. The number of hydrogen-bond donors (Lipinski definition) is 0. The number of rotatable bonds is 1. The summed E-state index contributed by atoms with van der Waals surface area (Å²) in [6.45, 7) is 2.08. The Kier molecular flexibility index (Phi) is 6.42. The number of hydrogen-bond acceptors (Lipinski definition) is 4. The van der Waals surface area contributed by atoms with Gasteiger partial charge in [0, 0.05) is 0 Å². The van der Waals surface area contributed by atoms with Gasteiger partial charge < -0.3 is 0 Å². The maximum atomic E-state index is 8.48. The topological polar surface area (TPSA) is 49.0 Å². The van der Waals surface area contributed by atoms with Crippen LogP contribution in [0.1, 0.15) is 11.3 Å². The summed E-state index contributed by atoms with van der Waals surface area (Å²) in [5.74, 6) is 0. The Labute approximate surface area is 122 Å². The number of thiocarbonyl (C=S) groups is 1. The van der Waals surface area contributed by atoms with Crippen molar-refractivity contribution in [3.05, 3.63) is 58.9 Å². The fourth-order valence-corrected chi connectivity index (χ4v) is 1.47. The molecule has 0 atom stereocenters. The van der Waals surface area contributed by atoms with Gasteiger partial charge >= 0.3 is 0 Å². The van der Waals surface area contributed by atoms with Crippen LogP contribution >= 0.6 is 23.8 Å². The highest BCUT2D eigenvalue weighted by molar-refractivity contribution is 7.78. The summed E-state index contributed by atoms with van der Waals surface area (Å²) in [7, 11) is 0. The van der Waals surface area contributed by atoms with Crippen LogP contribution in [0.2, 0.25) is 5.02 Å². The lowest BCUT2D eigenvalue weighted by Crippen LogP contribution is -1.81. The summed E-state index contributed by atoms with van der Waals surface area (Å²) in [6, 6.07) is 13.6. The van der Waals surface area contributed by atoms with Crippen LogP contribution in [0.4, 0.5) is 5.69 Å². The number of benzene rings is 1. The molecule has 0 aliphatic carbocycles. The van der Waals surface area contributed by atoms with E-state index in [1.54, 1.807) is 0 Å². The lowest BCUT2D eigenvalue weighted by molar-refractivity contribution is 1.25. The number of nitrogens with zero attached hydrogens (tertiary/aromatic N) is 3. The first-order valence-electron chi connectivity index (χ1n) is 5.32. The number of pyridine rings is 1. The fourth-order valence-electron chi connectivity index (χ4n) is 1.16. The standard InChI is InChI=1S/C7H2ClN3S.C7H8/c8-6-1-5(11-4-12)3-10-7(6)2-9;1-7-5-3-2-4-6-7/h1,3H;2-6H,1H3. The lowest BCUT2D eigenvalue weighted by atomic mass is 10.2. The van der Waals surface area contributed by atoms with Gasteiger partial charge in [-0.05, 0) is 25.2 Å². The van der Waals surface area contributed by atoms with E-state index in [4.69, 9.17) is 16.9 Å². The van der Waals surface area contributed by atoms with E-state index in [0.29, 0.717) is 5.69 Å². The summed E-state index contributed by atoms with van der Waals surface area (Å²) in [5.41, 5.74) is 2.00. The van der Waals surface area contributed by atoms with E-state index in [2.05, 4.69) is 46.4 Å². The lowest BCUT2D eigenvalue weighted by Gasteiger charge is -1.93. The second-order valence-corrected chi connectivity index (χ2v) is 4.08. The first kappa shape index (κ1) is 15.0. The summed E-state index contributed by atoms with van der Waals surface area (Å²) in [5, 5.41) is 10.9. The number of aromatic nitrogens is 1. The van der Waals surface area contributed by atoms with Gasteiger partial charge in [0.05, 0.1) is 22.1 Å². The smallest absolute Gasteiger partial charge is 0.159 e. The highest BCUT2D eigenvalue weighted by Crippen LogP contribution is 2.19. The third-order valence-electron chi connectivity index (χ3n) is 2.05. The molecule has 94 valence electrons. The van der Waals surface area contributed by atoms with E-state index in [1.807, 2.05) is 24.3 Å². The second-order valence-electron chi connectivity index (χ2n) is 3.49. The zero-order chi connectivity index (χ0) is 14.1. The van der Waals surface area contributed by atoms with Crippen LogP contribution in [-0.2, 0) is 0 Å². The van der Waals surface area contributed by atoms with E-state index in [1.165, 1.54) is 17.8 Å². The van der Waals surface area contributed by atoms with Crippen LogP contribution < -0.4 is 0 Å². The molecule has 3 nitrogen and oxygen atoms in total. The molecule has 0 unspecified atom stereocenters. The van der Waals surface area contributed by atoms with Crippen molar-refractivity contribution in [1.82, 2.24) is 4.98 Å². The van der Waals surface area contributed by atoms with Crippen molar-refractivity contribution in [3.8, 4) is 6.07 Å². The minimum Gasteiger partial charge on any atom is -0.242 e. The van der Waals surface area contributed by atoms with Crippen LogP contribution in [0, 0.1) is 18.3 Å². The van der Waals surface area contributed by atoms with E-state index in [9.17, 15) is 0 Å². The molecule has 0 bridgehead atoms. The van der Waals surface area contributed by atoms with Gasteiger partial charge in [-0.25, -0.2) is 4.98 Å². The summed E-state index contributed by atoms with van der Waals surface area (Å²) in [6.07, 6.45) is 1.41. The van der Waals surface area contributed by atoms with Crippen molar-refractivity contribution < 1.29 is 0 Å². The van der Waals surface area contributed by atoms with Crippen LogP contribution in [0.15, 0.2) is 47.6 Å². The molecule has 2 aromatic rings. The Hall–Kier alpha value is -2.05. The van der Waals surface area contributed by atoms with E-state index in [0.717, 1.165) is 0 Å². The molecule has 0 saturated heterocycles. The van der Waals surface area contributed by atoms with Gasteiger partial charge in [-0.1, -0.05) is 47.5 Å².